The fraction of sp³-hybridized carbons (Fsp3) is 0.603. The van der Waals surface area contributed by atoms with Gasteiger partial charge < -0.3 is 38.5 Å². The molecule has 7 fully saturated rings. The van der Waals surface area contributed by atoms with Crippen molar-refractivity contribution in [3.05, 3.63) is 77.0 Å². The number of aromatic nitrogens is 3. The number of pyridine rings is 1. The zero-order valence-corrected chi connectivity index (χ0v) is 58.1. The summed E-state index contributed by atoms with van der Waals surface area (Å²) in [6.45, 7) is 29.7. The molecule has 2 unspecified atom stereocenters. The number of anilines is 2. The van der Waals surface area contributed by atoms with Crippen LogP contribution in [0.4, 0.5) is 29.9 Å². The van der Waals surface area contributed by atoms with E-state index in [9.17, 15) is 19.2 Å². The van der Waals surface area contributed by atoms with Gasteiger partial charge in [-0.3, -0.25) is 29.7 Å². The third-order valence-corrected chi connectivity index (χ3v) is 28.3. The summed E-state index contributed by atoms with van der Waals surface area (Å²) >= 11 is 0. The number of rotatable bonds is 17. The first-order chi connectivity index (χ1) is 44.9. The van der Waals surface area contributed by atoms with E-state index in [0.29, 0.717) is 93.3 Å². The summed E-state index contributed by atoms with van der Waals surface area (Å²) in [6, 6.07) is 11.4. The molecular weight excluding hydrogens is 1210 g/mol. The molecule has 5 amide bonds. The van der Waals surface area contributed by atoms with Crippen LogP contribution < -0.4 is 24.6 Å². The first-order valence-corrected chi connectivity index (χ1v) is 36.7. The summed E-state index contributed by atoms with van der Waals surface area (Å²) in [6.07, 6.45) is 11.8. The number of carbonyl (C=O) groups excluding carboxylic acids is 4. The number of amides is 5. The second kappa shape index (κ2) is 26.9. The van der Waals surface area contributed by atoms with E-state index >= 15 is 8.78 Å². The number of ether oxygens (including phenoxy) is 4. The Bertz CT molecular complexity index is 3730. The number of halogens is 2. The number of piperidine rings is 1. The third kappa shape index (κ3) is 13.7. The highest BCUT2D eigenvalue weighted by Crippen LogP contribution is 2.50. The van der Waals surface area contributed by atoms with Gasteiger partial charge in [0.05, 0.1) is 29.6 Å². The number of benzene rings is 3. The maximum Gasteiger partial charge on any atom is 0.410 e. The Morgan fingerprint density at radius 2 is 1.49 bits per heavy atom. The Kier molecular flexibility index (Phi) is 19.2. The minimum Gasteiger partial charge on any atom is -0.468 e. The molecule has 504 valence electrons. The monoisotopic (exact) mass is 1310 g/mol. The topological polar surface area (TPSA) is 175 Å². The second-order valence-electron chi connectivity index (χ2n) is 30.2. The molecule has 94 heavy (non-hydrogen) atoms. The average Bonchev–Trinajstić information content (AvgIpc) is 1.11. The van der Waals surface area contributed by atoms with Crippen LogP contribution >= 0.6 is 0 Å². The van der Waals surface area contributed by atoms with Crippen LogP contribution in [0, 0.1) is 46.8 Å². The zero-order valence-electron chi connectivity index (χ0n) is 57.1. The van der Waals surface area contributed by atoms with Crippen molar-refractivity contribution in [1.29, 1.82) is 0 Å². The van der Waals surface area contributed by atoms with Crippen molar-refractivity contribution in [3.63, 3.8) is 0 Å². The second-order valence-corrected chi connectivity index (χ2v) is 35.8. The summed E-state index contributed by atoms with van der Waals surface area (Å²) in [5.41, 5.74) is 6.68. The van der Waals surface area contributed by atoms with Gasteiger partial charge >= 0.3 is 18.1 Å². The van der Waals surface area contributed by atoms with E-state index in [0.717, 1.165) is 96.4 Å². The maximum atomic E-state index is 18.3. The SMILES string of the molecule is COCOc1cc(-c2ncc3c(N4CC5CCC(C4)N5C(=O)OC(C)(C)C)nc(OCC4(CN5CCN(CC6CCC7(CC6)CCN(C(=O)c6ccc(C)c(N8CCC(=O)NC8=O)c6)CC7)CC5)CC4)nc3c2F)c2c(C#C[Si](C(C)C)(C(C)C)C(C)C)c(F)ccc2c1. The van der Waals surface area contributed by atoms with Crippen LogP contribution in [0.25, 0.3) is 32.9 Å². The van der Waals surface area contributed by atoms with Gasteiger partial charge in [0.2, 0.25) is 5.91 Å². The number of nitrogens with one attached hydrogen (secondary N) is 1. The van der Waals surface area contributed by atoms with Crippen LogP contribution in [0.1, 0.15) is 154 Å². The highest BCUT2D eigenvalue weighted by Gasteiger charge is 2.48. The van der Waals surface area contributed by atoms with Crippen LogP contribution in [-0.4, -0.2) is 177 Å². The molecule has 7 heterocycles. The van der Waals surface area contributed by atoms with Crippen molar-refractivity contribution in [3.8, 4) is 34.5 Å². The molecule has 0 radical (unpaired) electrons. The zero-order chi connectivity index (χ0) is 66.6. The molecule has 5 aromatic rings. The van der Waals surface area contributed by atoms with E-state index in [-0.39, 0.29) is 76.8 Å². The molecule has 2 saturated carbocycles. The van der Waals surface area contributed by atoms with Crippen LogP contribution in [0.2, 0.25) is 16.6 Å². The number of imide groups is 1. The number of methoxy groups -OCH3 is 1. The molecule has 5 aliphatic heterocycles. The Balaban J connectivity index is 0.737. The van der Waals surface area contributed by atoms with Gasteiger partial charge in [0.15, 0.2) is 12.6 Å². The van der Waals surface area contributed by atoms with E-state index in [2.05, 4.69) is 73.0 Å². The molecule has 1 N–H and O–H groups in total. The molecule has 2 aliphatic carbocycles. The van der Waals surface area contributed by atoms with Gasteiger partial charge in [0.1, 0.15) is 42.3 Å². The molecular formula is C73H96F2N10O8Si. The van der Waals surface area contributed by atoms with Gasteiger partial charge in [-0.2, -0.15) is 9.97 Å². The maximum absolute atomic E-state index is 18.3. The number of likely N-dealkylation sites (tertiary alicyclic amines) is 1. The summed E-state index contributed by atoms with van der Waals surface area (Å²) in [5, 5.41) is 3.83. The molecule has 21 heteroatoms. The molecule has 1 spiro atoms. The quantitative estimate of drug-likeness (QED) is 0.0529. The Labute approximate surface area is 554 Å². The highest BCUT2D eigenvalue weighted by atomic mass is 28.3. The number of piperazine rings is 2. The Morgan fingerprint density at radius 1 is 0.809 bits per heavy atom. The number of aryl methyl sites for hydroxylation is 1. The summed E-state index contributed by atoms with van der Waals surface area (Å²) in [5.74, 6) is 3.38. The van der Waals surface area contributed by atoms with Crippen LogP contribution in [0.3, 0.4) is 0 Å². The van der Waals surface area contributed by atoms with E-state index in [1.54, 1.807) is 35.4 Å². The Morgan fingerprint density at radius 3 is 2.13 bits per heavy atom. The van der Waals surface area contributed by atoms with Gasteiger partial charge in [-0.05, 0) is 161 Å². The van der Waals surface area contributed by atoms with Crippen molar-refractivity contribution in [1.82, 2.24) is 39.9 Å². The van der Waals surface area contributed by atoms with E-state index < -0.39 is 31.3 Å². The fourth-order valence-corrected chi connectivity index (χ4v) is 21.8. The van der Waals surface area contributed by atoms with Crippen LogP contribution in [0.15, 0.2) is 48.7 Å². The van der Waals surface area contributed by atoms with E-state index in [4.69, 9.17) is 33.9 Å². The smallest absolute Gasteiger partial charge is 0.410 e. The molecule has 5 saturated heterocycles. The van der Waals surface area contributed by atoms with Crippen LogP contribution in [-0.2, 0) is 14.3 Å². The normalized spacial score (nSPS) is 21.2. The molecule has 3 aromatic carbocycles. The number of hydrogen-bond acceptors (Lipinski definition) is 14. The fourth-order valence-electron chi connectivity index (χ4n) is 16.6. The van der Waals surface area contributed by atoms with Gasteiger partial charge in [0.25, 0.3) is 5.91 Å². The van der Waals surface area contributed by atoms with Gasteiger partial charge in [0, 0.05) is 119 Å². The number of carbonyl (C=O) groups is 4. The lowest BCUT2D eigenvalue weighted by Crippen LogP contribution is -2.57. The molecule has 18 nitrogen and oxygen atoms in total. The molecule has 2 bridgehead atoms. The van der Waals surface area contributed by atoms with Crippen molar-refractivity contribution in [2.75, 3.05) is 102 Å². The highest BCUT2D eigenvalue weighted by molar-refractivity contribution is 6.90. The lowest BCUT2D eigenvalue weighted by atomic mass is 9.65. The minimum atomic E-state index is -2.36. The summed E-state index contributed by atoms with van der Waals surface area (Å²) in [7, 11) is -0.829. The Hall–Kier alpha value is -6.99. The molecule has 2 atom stereocenters. The van der Waals surface area contributed by atoms with Gasteiger partial charge in [-0.25, -0.2) is 18.4 Å². The van der Waals surface area contributed by atoms with Gasteiger partial charge in [-0.15, -0.1) is 5.54 Å². The van der Waals surface area contributed by atoms with Crippen molar-refractivity contribution < 1.29 is 46.9 Å². The largest absolute Gasteiger partial charge is 0.468 e. The van der Waals surface area contributed by atoms with Crippen molar-refractivity contribution in [2.45, 2.75) is 174 Å². The standard InChI is InChI=1S/C73H96F2N10O8Si/c1-46(2)94(47(3)4,48(5)6)35-21-56-59(74)17-14-51-36-55(92-45-90-11)38-57(62(51)56)64-63(75)65-58(39-76-64)66(83-41-53-15-16-54(42-83)85(53)70(89)93-71(8,9)10)79-68(78-65)91-44-73(24-25-73)43-81-33-31-80(32-34-81)40-50-18-22-72(23-19-50)26-29-82(30-27-72)67(87)52-13-12-49(7)60(37-52)84-28-20-61(86)77-69(84)88/h12-14,17,36-39,46-48,50,53-54H,15-16,18-20,22-34,40-45H2,1-11H3,(H,77,86,88). The summed E-state index contributed by atoms with van der Waals surface area (Å²) < 4.78 is 58.9. The minimum absolute atomic E-state index is 0.00711. The van der Waals surface area contributed by atoms with Crippen molar-refractivity contribution in [2.24, 2.45) is 16.7 Å². The van der Waals surface area contributed by atoms with E-state index in [1.807, 2.05) is 49.6 Å². The van der Waals surface area contributed by atoms with Crippen molar-refractivity contribution >= 4 is 65.2 Å². The summed E-state index contributed by atoms with van der Waals surface area (Å²) in [4.78, 5) is 79.7. The van der Waals surface area contributed by atoms with E-state index in [1.165, 1.54) is 38.9 Å². The lowest BCUT2D eigenvalue weighted by molar-refractivity contribution is -0.120. The third-order valence-electron chi connectivity index (χ3n) is 22.0. The predicted molar refractivity (Wildman–Crippen MR) is 364 cm³/mol. The number of nitrogens with zero attached hydrogens (tertiary/aromatic N) is 9. The lowest BCUT2D eigenvalue weighted by Gasteiger charge is -2.47. The number of fused-ring (bicyclic) bond motifs is 4. The molecule has 2 aromatic heterocycles. The molecule has 7 aliphatic rings. The molecule has 12 rings (SSSR count). The number of hydrogen-bond donors (Lipinski definition) is 1. The van der Waals surface area contributed by atoms with Gasteiger partial charge in [-0.1, -0.05) is 59.6 Å². The number of urea groups is 1. The van der Waals surface area contributed by atoms with Crippen LogP contribution in [0.5, 0.6) is 11.8 Å². The predicted octanol–water partition coefficient (Wildman–Crippen LogP) is 12.9. The average molecular weight is 1310 g/mol. The first kappa shape index (κ1) is 67.0. The first-order valence-electron chi connectivity index (χ1n) is 34.5.